The molecule has 120 valence electrons. The topological polar surface area (TPSA) is 46.3 Å². The Kier molecular flexibility index (Phi) is 3.50. The first-order chi connectivity index (χ1) is 10.8. The Balaban J connectivity index is 2.04. The molecule has 1 amide bonds. The Morgan fingerprint density at radius 1 is 1.13 bits per heavy atom. The molecule has 0 radical (unpaired) electrons. The minimum atomic E-state index is -4.81. The summed E-state index contributed by atoms with van der Waals surface area (Å²) in [7, 11) is 0. The van der Waals surface area contributed by atoms with Crippen molar-refractivity contribution in [3.8, 4) is 0 Å². The Bertz CT molecular complexity index is 786. The second-order valence-electron chi connectivity index (χ2n) is 5.28. The number of hydrogen-bond donors (Lipinski definition) is 1. The molecule has 0 saturated carbocycles. The lowest BCUT2D eigenvalue weighted by atomic mass is 10.1. The fraction of sp³-hybridized carbons (Fsp3) is 0.188. The van der Waals surface area contributed by atoms with E-state index in [0.717, 1.165) is 17.7 Å². The molecule has 23 heavy (non-hydrogen) atoms. The van der Waals surface area contributed by atoms with E-state index in [1.165, 1.54) is 4.90 Å². The van der Waals surface area contributed by atoms with E-state index in [-0.39, 0.29) is 6.54 Å². The van der Waals surface area contributed by atoms with Gasteiger partial charge >= 0.3 is 6.18 Å². The quantitative estimate of drug-likeness (QED) is 0.643. The van der Waals surface area contributed by atoms with Crippen molar-refractivity contribution in [2.24, 2.45) is 0 Å². The first-order valence-electron chi connectivity index (χ1n) is 6.84. The lowest BCUT2D eigenvalue weighted by Crippen LogP contribution is -2.31. The zero-order valence-electron chi connectivity index (χ0n) is 11.8. The highest BCUT2D eigenvalue weighted by atomic mass is 19.4. The van der Waals surface area contributed by atoms with Gasteiger partial charge in [0, 0.05) is 17.9 Å². The van der Waals surface area contributed by atoms with Crippen LogP contribution in [0.3, 0.4) is 0 Å². The molecule has 1 aliphatic heterocycles. The average molecular weight is 324 g/mol. The lowest BCUT2D eigenvalue weighted by Gasteiger charge is -2.20. The SMILES string of the molecule is Nc1ccc2c(c1)CCN2C(=O)c1ccc(F)cc1C(F)(F)F. The fourth-order valence-corrected chi connectivity index (χ4v) is 2.72. The van der Waals surface area contributed by atoms with Gasteiger partial charge in [-0.1, -0.05) is 0 Å². The van der Waals surface area contributed by atoms with E-state index in [9.17, 15) is 22.4 Å². The second kappa shape index (κ2) is 5.26. The summed E-state index contributed by atoms with van der Waals surface area (Å²) in [6, 6.07) is 6.94. The number of nitrogens with two attached hydrogens (primary N) is 1. The summed E-state index contributed by atoms with van der Waals surface area (Å²) in [4.78, 5) is 13.8. The van der Waals surface area contributed by atoms with Gasteiger partial charge in [-0.3, -0.25) is 4.79 Å². The maximum absolute atomic E-state index is 13.2. The minimum Gasteiger partial charge on any atom is -0.399 e. The van der Waals surface area contributed by atoms with Gasteiger partial charge in [-0.05, 0) is 48.4 Å². The van der Waals surface area contributed by atoms with Gasteiger partial charge in [0.05, 0.1) is 11.1 Å². The smallest absolute Gasteiger partial charge is 0.399 e. The molecule has 0 spiro atoms. The fourth-order valence-electron chi connectivity index (χ4n) is 2.72. The average Bonchev–Trinajstić information content (AvgIpc) is 2.88. The van der Waals surface area contributed by atoms with Crippen LogP contribution < -0.4 is 10.6 Å². The van der Waals surface area contributed by atoms with E-state index in [1.54, 1.807) is 18.2 Å². The zero-order valence-corrected chi connectivity index (χ0v) is 11.8. The summed E-state index contributed by atoms with van der Waals surface area (Å²) in [5.41, 5.74) is 5.68. The van der Waals surface area contributed by atoms with Crippen molar-refractivity contribution in [3.63, 3.8) is 0 Å². The summed E-state index contributed by atoms with van der Waals surface area (Å²) < 4.78 is 52.4. The summed E-state index contributed by atoms with van der Waals surface area (Å²) in [6.45, 7) is 0.256. The van der Waals surface area contributed by atoms with Crippen molar-refractivity contribution in [3.05, 3.63) is 58.9 Å². The van der Waals surface area contributed by atoms with Crippen molar-refractivity contribution >= 4 is 17.3 Å². The summed E-state index contributed by atoms with van der Waals surface area (Å²) in [5.74, 6) is -1.84. The minimum absolute atomic E-state index is 0.256. The molecule has 1 heterocycles. The number of nitrogens with zero attached hydrogens (tertiary/aromatic N) is 1. The van der Waals surface area contributed by atoms with E-state index in [0.29, 0.717) is 23.9 Å². The van der Waals surface area contributed by atoms with Crippen molar-refractivity contribution < 1.29 is 22.4 Å². The van der Waals surface area contributed by atoms with E-state index in [2.05, 4.69) is 0 Å². The largest absolute Gasteiger partial charge is 0.417 e. The summed E-state index contributed by atoms with van der Waals surface area (Å²) >= 11 is 0. The molecular formula is C16H12F4N2O. The van der Waals surface area contributed by atoms with Gasteiger partial charge in [-0.2, -0.15) is 13.2 Å². The third kappa shape index (κ3) is 2.74. The van der Waals surface area contributed by atoms with Crippen LogP contribution in [-0.2, 0) is 12.6 Å². The van der Waals surface area contributed by atoms with Crippen LogP contribution in [-0.4, -0.2) is 12.5 Å². The number of anilines is 2. The predicted octanol–water partition coefficient (Wildman–Crippen LogP) is 3.63. The van der Waals surface area contributed by atoms with Gasteiger partial charge in [0.2, 0.25) is 0 Å². The normalized spacial score (nSPS) is 14.0. The molecule has 0 unspecified atom stereocenters. The highest BCUT2D eigenvalue weighted by Gasteiger charge is 2.37. The maximum Gasteiger partial charge on any atom is 0.417 e. The molecule has 2 aromatic rings. The molecule has 0 saturated heterocycles. The van der Waals surface area contributed by atoms with Gasteiger partial charge in [0.25, 0.3) is 5.91 Å². The van der Waals surface area contributed by atoms with Crippen LogP contribution >= 0.6 is 0 Å². The maximum atomic E-state index is 13.2. The van der Waals surface area contributed by atoms with Crippen LogP contribution in [0.1, 0.15) is 21.5 Å². The first kappa shape index (κ1) is 15.3. The molecule has 3 rings (SSSR count). The van der Waals surface area contributed by atoms with Gasteiger partial charge in [0.1, 0.15) is 5.82 Å². The number of nitrogen functional groups attached to an aromatic ring is 1. The molecule has 0 atom stereocenters. The van der Waals surface area contributed by atoms with Crippen LogP contribution in [0.15, 0.2) is 36.4 Å². The number of halogens is 4. The third-order valence-electron chi connectivity index (χ3n) is 3.76. The van der Waals surface area contributed by atoms with Crippen LogP contribution in [0, 0.1) is 5.82 Å². The zero-order chi connectivity index (χ0) is 16.8. The van der Waals surface area contributed by atoms with E-state index < -0.39 is 29.0 Å². The molecule has 1 aliphatic rings. The monoisotopic (exact) mass is 324 g/mol. The van der Waals surface area contributed by atoms with Crippen LogP contribution in [0.5, 0.6) is 0 Å². The highest BCUT2D eigenvalue weighted by Crippen LogP contribution is 2.36. The molecular weight excluding hydrogens is 312 g/mol. The summed E-state index contributed by atoms with van der Waals surface area (Å²) in [5, 5.41) is 0. The number of carbonyl (C=O) groups is 1. The molecule has 3 nitrogen and oxygen atoms in total. The van der Waals surface area contributed by atoms with E-state index >= 15 is 0 Å². The third-order valence-corrected chi connectivity index (χ3v) is 3.76. The Morgan fingerprint density at radius 2 is 1.87 bits per heavy atom. The van der Waals surface area contributed by atoms with E-state index in [4.69, 9.17) is 5.73 Å². The van der Waals surface area contributed by atoms with Gasteiger partial charge < -0.3 is 10.6 Å². The van der Waals surface area contributed by atoms with Crippen molar-refractivity contribution in [2.75, 3.05) is 17.2 Å². The Labute approximate surface area is 129 Å². The molecule has 2 N–H and O–H groups in total. The number of amides is 1. The van der Waals surface area contributed by atoms with Crippen molar-refractivity contribution in [1.29, 1.82) is 0 Å². The van der Waals surface area contributed by atoms with Crippen LogP contribution in [0.25, 0.3) is 0 Å². The number of carbonyl (C=O) groups excluding carboxylic acids is 1. The van der Waals surface area contributed by atoms with Gasteiger partial charge in [0.15, 0.2) is 0 Å². The summed E-state index contributed by atoms with van der Waals surface area (Å²) in [6.07, 6.45) is -4.30. The van der Waals surface area contributed by atoms with Crippen molar-refractivity contribution in [1.82, 2.24) is 0 Å². The van der Waals surface area contributed by atoms with Gasteiger partial charge in [-0.15, -0.1) is 0 Å². The van der Waals surface area contributed by atoms with Gasteiger partial charge in [-0.25, -0.2) is 4.39 Å². The molecule has 0 fully saturated rings. The van der Waals surface area contributed by atoms with E-state index in [1.807, 2.05) is 0 Å². The standard InChI is InChI=1S/C16H12F4N2O/c17-10-1-3-12(13(8-10)16(18,19)20)15(23)22-6-5-9-7-11(21)2-4-14(9)22/h1-4,7-8H,5-6,21H2. The number of benzene rings is 2. The molecule has 0 bridgehead atoms. The lowest BCUT2D eigenvalue weighted by molar-refractivity contribution is -0.138. The first-order valence-corrected chi connectivity index (χ1v) is 6.84. The predicted molar refractivity (Wildman–Crippen MR) is 77.6 cm³/mol. The highest BCUT2D eigenvalue weighted by molar-refractivity contribution is 6.08. The molecule has 2 aromatic carbocycles. The van der Waals surface area contributed by atoms with Crippen LogP contribution in [0.4, 0.5) is 28.9 Å². The number of alkyl halides is 3. The Morgan fingerprint density at radius 3 is 2.57 bits per heavy atom. The molecule has 7 heteroatoms. The molecule has 0 aliphatic carbocycles. The van der Waals surface area contributed by atoms with Crippen molar-refractivity contribution in [2.45, 2.75) is 12.6 Å². The van der Waals surface area contributed by atoms with Crippen LogP contribution in [0.2, 0.25) is 0 Å². The number of fused-ring (bicyclic) bond motifs is 1. The second-order valence-corrected chi connectivity index (χ2v) is 5.28. The number of rotatable bonds is 1. The number of hydrogen-bond acceptors (Lipinski definition) is 2. The molecule has 0 aromatic heterocycles. The Hall–Kier alpha value is -2.57.